The highest BCUT2D eigenvalue weighted by Gasteiger charge is 2.19. The first kappa shape index (κ1) is 17.5. The molecular formula is C15H13Cl3N4O. The zero-order valence-electron chi connectivity index (χ0n) is 11.9. The number of nitrogens with two attached hydrogens (primary N) is 1. The zero-order valence-corrected chi connectivity index (χ0v) is 14.2. The highest BCUT2D eigenvalue weighted by Crippen LogP contribution is 2.34. The summed E-state index contributed by atoms with van der Waals surface area (Å²) in [6, 6.07) is 9.94. The van der Waals surface area contributed by atoms with E-state index in [4.69, 9.17) is 40.5 Å². The van der Waals surface area contributed by atoms with Crippen molar-refractivity contribution in [2.75, 3.05) is 5.73 Å². The van der Waals surface area contributed by atoms with Gasteiger partial charge in [-0.1, -0.05) is 65.1 Å². The second kappa shape index (κ2) is 8.15. The molecule has 2 rings (SSSR count). The monoisotopic (exact) mass is 370 g/mol. The van der Waals surface area contributed by atoms with Gasteiger partial charge in [0.25, 0.3) is 5.91 Å². The molecule has 3 N–H and O–H groups in total. The zero-order chi connectivity index (χ0) is 16.8. The van der Waals surface area contributed by atoms with E-state index in [1.807, 2.05) is 30.3 Å². The van der Waals surface area contributed by atoms with E-state index in [0.29, 0.717) is 6.42 Å². The van der Waals surface area contributed by atoms with E-state index in [-0.39, 0.29) is 26.6 Å². The Labute approximate surface area is 148 Å². The van der Waals surface area contributed by atoms with Crippen molar-refractivity contribution in [2.45, 2.75) is 12.8 Å². The van der Waals surface area contributed by atoms with Crippen LogP contribution in [0, 0.1) is 0 Å². The molecule has 1 aromatic heterocycles. The molecular weight excluding hydrogens is 359 g/mol. The molecule has 0 saturated carbocycles. The second-order valence-corrected chi connectivity index (χ2v) is 5.68. The maximum atomic E-state index is 12.0. The van der Waals surface area contributed by atoms with Crippen molar-refractivity contribution in [3.05, 3.63) is 56.8 Å². The van der Waals surface area contributed by atoms with Crippen LogP contribution in [0.3, 0.4) is 0 Å². The number of rotatable bonds is 5. The number of hydrazone groups is 1. The predicted octanol–water partition coefficient (Wildman–Crippen LogP) is 3.97. The number of hydrogen-bond acceptors (Lipinski definition) is 4. The summed E-state index contributed by atoms with van der Waals surface area (Å²) in [6.07, 6.45) is 3.09. The van der Waals surface area contributed by atoms with E-state index in [1.165, 1.54) is 5.56 Å². The van der Waals surface area contributed by atoms with Crippen LogP contribution in [-0.4, -0.2) is 17.1 Å². The van der Waals surface area contributed by atoms with Crippen LogP contribution in [0.1, 0.15) is 22.5 Å². The maximum Gasteiger partial charge on any atom is 0.291 e. The van der Waals surface area contributed by atoms with E-state index in [1.54, 1.807) is 6.21 Å². The maximum absolute atomic E-state index is 12.0. The number of halogens is 3. The van der Waals surface area contributed by atoms with Crippen molar-refractivity contribution in [3.8, 4) is 0 Å². The standard InChI is InChI=1S/C15H13Cl3N4O/c16-10-12(19)11(17)14(18)21-13(10)15(23)22-20-8-4-7-9-5-2-1-3-6-9/h1-3,5-6,8H,4,7H2,(H2,19,21)(H,22,23)/b20-8-. The molecule has 1 aromatic carbocycles. The number of nitrogens with zero attached hydrogens (tertiary/aromatic N) is 2. The Morgan fingerprint density at radius 1 is 1.22 bits per heavy atom. The molecule has 0 saturated heterocycles. The Morgan fingerprint density at radius 2 is 1.91 bits per heavy atom. The molecule has 0 radical (unpaired) electrons. The largest absolute Gasteiger partial charge is 0.396 e. The van der Waals surface area contributed by atoms with Gasteiger partial charge in [0.1, 0.15) is 5.02 Å². The summed E-state index contributed by atoms with van der Waals surface area (Å²) in [5.74, 6) is -0.615. The van der Waals surface area contributed by atoms with Gasteiger partial charge in [-0.25, -0.2) is 10.4 Å². The summed E-state index contributed by atoms with van der Waals surface area (Å²) in [6.45, 7) is 0. The van der Waals surface area contributed by atoms with Crippen molar-refractivity contribution in [1.29, 1.82) is 0 Å². The smallest absolute Gasteiger partial charge is 0.291 e. The van der Waals surface area contributed by atoms with Gasteiger partial charge in [-0.2, -0.15) is 5.10 Å². The number of pyridine rings is 1. The van der Waals surface area contributed by atoms with Gasteiger partial charge >= 0.3 is 0 Å². The summed E-state index contributed by atoms with van der Waals surface area (Å²) < 4.78 is 0. The molecule has 1 heterocycles. The van der Waals surface area contributed by atoms with E-state index in [9.17, 15) is 4.79 Å². The third-order valence-corrected chi connectivity index (χ3v) is 4.08. The molecule has 120 valence electrons. The molecule has 23 heavy (non-hydrogen) atoms. The Kier molecular flexibility index (Phi) is 6.21. The van der Waals surface area contributed by atoms with Crippen molar-refractivity contribution in [2.24, 2.45) is 5.10 Å². The molecule has 0 spiro atoms. The normalized spacial score (nSPS) is 10.9. The topological polar surface area (TPSA) is 80.4 Å². The minimum Gasteiger partial charge on any atom is -0.396 e. The van der Waals surface area contributed by atoms with E-state index < -0.39 is 5.91 Å². The van der Waals surface area contributed by atoms with Gasteiger partial charge in [0.05, 0.1) is 10.7 Å². The van der Waals surface area contributed by atoms with Crippen LogP contribution in [0.25, 0.3) is 0 Å². The van der Waals surface area contributed by atoms with Crippen LogP contribution in [0.2, 0.25) is 15.2 Å². The number of anilines is 1. The summed E-state index contributed by atoms with van der Waals surface area (Å²) in [5.41, 5.74) is 9.05. The van der Waals surface area contributed by atoms with E-state index in [0.717, 1.165) is 6.42 Å². The molecule has 0 bridgehead atoms. The second-order valence-electron chi connectivity index (χ2n) is 4.57. The van der Waals surface area contributed by atoms with Gasteiger partial charge in [0, 0.05) is 6.21 Å². The predicted molar refractivity (Wildman–Crippen MR) is 94.4 cm³/mol. The van der Waals surface area contributed by atoms with Gasteiger partial charge in [0.2, 0.25) is 0 Å². The van der Waals surface area contributed by atoms with Gasteiger partial charge in [-0.3, -0.25) is 4.79 Å². The van der Waals surface area contributed by atoms with Crippen LogP contribution < -0.4 is 11.2 Å². The fraction of sp³-hybridized carbons (Fsp3) is 0.133. The molecule has 5 nitrogen and oxygen atoms in total. The third-order valence-electron chi connectivity index (χ3n) is 2.95. The fourth-order valence-corrected chi connectivity index (χ4v) is 2.37. The number of benzene rings is 1. The van der Waals surface area contributed by atoms with Crippen molar-refractivity contribution in [1.82, 2.24) is 10.4 Å². The summed E-state index contributed by atoms with van der Waals surface area (Å²) in [7, 11) is 0. The molecule has 0 fully saturated rings. The number of hydrogen-bond donors (Lipinski definition) is 2. The minimum absolute atomic E-state index is 0.00606. The first-order chi connectivity index (χ1) is 11.0. The molecule has 0 aliphatic carbocycles. The SMILES string of the molecule is Nc1c(Cl)c(Cl)nc(C(=O)N/N=C\CCc2ccccc2)c1Cl. The highest BCUT2D eigenvalue weighted by molar-refractivity contribution is 6.46. The molecule has 0 unspecified atom stereocenters. The van der Waals surface area contributed by atoms with Crippen molar-refractivity contribution in [3.63, 3.8) is 0 Å². The number of aromatic nitrogens is 1. The molecule has 0 aliphatic heterocycles. The summed E-state index contributed by atoms with van der Waals surface area (Å²) in [5, 5.41) is 3.71. The van der Waals surface area contributed by atoms with Crippen LogP contribution in [0.4, 0.5) is 5.69 Å². The summed E-state index contributed by atoms with van der Waals surface area (Å²) >= 11 is 17.5. The molecule has 1 amide bonds. The van der Waals surface area contributed by atoms with E-state index in [2.05, 4.69) is 15.5 Å². The first-order valence-electron chi connectivity index (χ1n) is 6.66. The van der Waals surface area contributed by atoms with Gasteiger partial charge in [-0.15, -0.1) is 0 Å². The Bertz CT molecular complexity index is 735. The lowest BCUT2D eigenvalue weighted by atomic mass is 10.1. The molecule has 0 atom stereocenters. The number of carbonyl (C=O) groups excluding carboxylic acids is 1. The van der Waals surface area contributed by atoms with Crippen LogP contribution in [0.15, 0.2) is 35.4 Å². The van der Waals surface area contributed by atoms with Crippen LogP contribution in [0.5, 0.6) is 0 Å². The van der Waals surface area contributed by atoms with Crippen LogP contribution in [-0.2, 0) is 6.42 Å². The fourth-order valence-electron chi connectivity index (χ4n) is 1.78. The Balaban J connectivity index is 1.94. The van der Waals surface area contributed by atoms with Crippen molar-refractivity contribution >= 4 is 52.6 Å². The molecule has 8 heteroatoms. The summed E-state index contributed by atoms with van der Waals surface area (Å²) in [4.78, 5) is 15.8. The average Bonchev–Trinajstić information content (AvgIpc) is 2.56. The number of amides is 1. The molecule has 2 aromatic rings. The molecule has 0 aliphatic rings. The Hall–Kier alpha value is -1.82. The van der Waals surface area contributed by atoms with E-state index >= 15 is 0 Å². The van der Waals surface area contributed by atoms with Gasteiger partial charge in [-0.05, 0) is 18.4 Å². The lowest BCUT2D eigenvalue weighted by molar-refractivity contribution is 0.0950. The van der Waals surface area contributed by atoms with Gasteiger partial charge < -0.3 is 5.73 Å². The number of nitrogens with one attached hydrogen (secondary N) is 1. The Morgan fingerprint density at radius 3 is 2.61 bits per heavy atom. The first-order valence-corrected chi connectivity index (χ1v) is 7.80. The minimum atomic E-state index is -0.615. The van der Waals surface area contributed by atoms with Crippen molar-refractivity contribution < 1.29 is 4.79 Å². The lowest BCUT2D eigenvalue weighted by Gasteiger charge is -2.07. The number of aryl methyl sites for hydroxylation is 1. The highest BCUT2D eigenvalue weighted by atomic mass is 35.5. The third kappa shape index (κ3) is 4.58. The van der Waals surface area contributed by atoms with Crippen LogP contribution >= 0.6 is 34.8 Å². The quantitative estimate of drug-likeness (QED) is 0.474. The number of nitrogen functional groups attached to an aromatic ring is 1. The lowest BCUT2D eigenvalue weighted by Crippen LogP contribution is -2.20. The number of carbonyl (C=O) groups is 1. The average molecular weight is 372 g/mol. The van der Waals surface area contributed by atoms with Gasteiger partial charge in [0.15, 0.2) is 10.8 Å².